The highest BCUT2D eigenvalue weighted by Crippen LogP contribution is 2.14. The van der Waals surface area contributed by atoms with E-state index in [1.807, 2.05) is 18.2 Å². The minimum absolute atomic E-state index is 0.495. The Balaban J connectivity index is 2.50. The van der Waals surface area contributed by atoms with Crippen LogP contribution in [0.3, 0.4) is 0 Å². The normalized spacial score (nSPS) is 11.4. The van der Waals surface area contributed by atoms with Crippen molar-refractivity contribution in [1.82, 2.24) is 4.90 Å². The van der Waals surface area contributed by atoms with Gasteiger partial charge in [0, 0.05) is 31.4 Å². The van der Waals surface area contributed by atoms with E-state index in [4.69, 9.17) is 10.5 Å². The topological polar surface area (TPSA) is 38.5 Å². The maximum Gasteiger partial charge on any atom is 0.0593 e. The van der Waals surface area contributed by atoms with Crippen molar-refractivity contribution in [2.24, 2.45) is 0 Å². The van der Waals surface area contributed by atoms with Crippen LogP contribution in [0.1, 0.15) is 32.8 Å². The maximum atomic E-state index is 5.99. The molecule has 102 valence electrons. The molecule has 1 aromatic rings. The van der Waals surface area contributed by atoms with E-state index in [-0.39, 0.29) is 0 Å². The van der Waals surface area contributed by atoms with Gasteiger partial charge in [-0.1, -0.05) is 25.1 Å². The molecule has 0 aromatic heterocycles. The van der Waals surface area contributed by atoms with Crippen LogP contribution in [0.25, 0.3) is 0 Å². The molecule has 1 aromatic carbocycles. The highest BCUT2D eigenvalue weighted by molar-refractivity contribution is 5.46. The van der Waals surface area contributed by atoms with Crippen molar-refractivity contribution in [2.45, 2.75) is 39.8 Å². The molecule has 0 aliphatic heterocycles. The highest BCUT2D eigenvalue weighted by Gasteiger charge is 2.11. The number of nitrogen functional groups attached to an aromatic ring is 1. The van der Waals surface area contributed by atoms with E-state index in [9.17, 15) is 0 Å². The summed E-state index contributed by atoms with van der Waals surface area (Å²) in [5.74, 6) is 0. The van der Waals surface area contributed by atoms with Gasteiger partial charge in [0.15, 0.2) is 0 Å². The summed E-state index contributed by atoms with van der Waals surface area (Å²) in [6, 6.07) is 8.56. The lowest BCUT2D eigenvalue weighted by Crippen LogP contribution is -2.33. The predicted molar refractivity (Wildman–Crippen MR) is 77.5 cm³/mol. The Kier molecular flexibility index (Phi) is 6.76. The second-order valence-electron chi connectivity index (χ2n) is 4.88. The summed E-state index contributed by atoms with van der Waals surface area (Å²) in [6.45, 7) is 10.0. The largest absolute Gasteiger partial charge is 0.398 e. The molecule has 0 radical (unpaired) electrons. The molecule has 18 heavy (non-hydrogen) atoms. The van der Waals surface area contributed by atoms with Crippen LogP contribution in [-0.2, 0) is 11.3 Å². The summed E-state index contributed by atoms with van der Waals surface area (Å²) in [5, 5.41) is 0. The van der Waals surface area contributed by atoms with Crippen LogP contribution in [0.4, 0.5) is 5.69 Å². The van der Waals surface area contributed by atoms with Crippen molar-refractivity contribution in [3.8, 4) is 0 Å². The Bertz CT molecular complexity index is 339. The van der Waals surface area contributed by atoms with E-state index in [2.05, 4.69) is 31.7 Å². The molecular formula is C15H26N2O. The SMILES string of the molecule is CCCOCCN(Cc1ccccc1N)C(C)C. The van der Waals surface area contributed by atoms with Gasteiger partial charge in [-0.15, -0.1) is 0 Å². The van der Waals surface area contributed by atoms with E-state index in [1.54, 1.807) is 0 Å². The minimum atomic E-state index is 0.495. The van der Waals surface area contributed by atoms with E-state index in [0.717, 1.165) is 38.4 Å². The standard InChI is InChI=1S/C15H26N2O/c1-4-10-18-11-9-17(13(2)3)12-14-7-5-6-8-15(14)16/h5-8,13H,4,9-12,16H2,1-3H3. The first kappa shape index (κ1) is 15.0. The Morgan fingerprint density at radius 2 is 1.94 bits per heavy atom. The first-order valence-electron chi connectivity index (χ1n) is 6.80. The fraction of sp³-hybridized carbons (Fsp3) is 0.600. The summed E-state index contributed by atoms with van der Waals surface area (Å²) < 4.78 is 5.56. The second-order valence-corrected chi connectivity index (χ2v) is 4.88. The van der Waals surface area contributed by atoms with Crippen molar-refractivity contribution in [3.63, 3.8) is 0 Å². The van der Waals surface area contributed by atoms with E-state index >= 15 is 0 Å². The second kappa shape index (κ2) is 8.11. The zero-order valence-corrected chi connectivity index (χ0v) is 11.9. The molecule has 3 nitrogen and oxygen atoms in total. The molecule has 0 aliphatic rings. The maximum absolute atomic E-state index is 5.99. The van der Waals surface area contributed by atoms with Gasteiger partial charge in [0.05, 0.1) is 6.61 Å². The van der Waals surface area contributed by atoms with Crippen molar-refractivity contribution in [2.75, 3.05) is 25.5 Å². The fourth-order valence-electron chi connectivity index (χ4n) is 1.85. The molecule has 0 unspecified atom stereocenters. The Morgan fingerprint density at radius 3 is 2.56 bits per heavy atom. The number of hydrogen-bond donors (Lipinski definition) is 1. The van der Waals surface area contributed by atoms with Gasteiger partial charge in [-0.25, -0.2) is 0 Å². The van der Waals surface area contributed by atoms with Crippen LogP contribution in [0.2, 0.25) is 0 Å². The van der Waals surface area contributed by atoms with Gasteiger partial charge < -0.3 is 10.5 Å². The molecule has 0 amide bonds. The molecule has 0 bridgehead atoms. The summed E-state index contributed by atoms with van der Waals surface area (Å²) in [5.41, 5.74) is 8.06. The number of rotatable bonds is 8. The van der Waals surface area contributed by atoms with Gasteiger partial charge in [-0.05, 0) is 31.9 Å². The summed E-state index contributed by atoms with van der Waals surface area (Å²) in [6.07, 6.45) is 1.08. The molecule has 0 aliphatic carbocycles. The van der Waals surface area contributed by atoms with Crippen LogP contribution < -0.4 is 5.73 Å². The fourth-order valence-corrected chi connectivity index (χ4v) is 1.85. The number of para-hydroxylation sites is 1. The lowest BCUT2D eigenvalue weighted by atomic mass is 10.1. The zero-order chi connectivity index (χ0) is 13.4. The third kappa shape index (κ3) is 5.07. The summed E-state index contributed by atoms with van der Waals surface area (Å²) >= 11 is 0. The van der Waals surface area contributed by atoms with Crippen LogP contribution in [-0.4, -0.2) is 30.7 Å². The molecule has 0 saturated carbocycles. The highest BCUT2D eigenvalue weighted by atomic mass is 16.5. The number of ether oxygens (including phenoxy) is 1. The first-order valence-corrected chi connectivity index (χ1v) is 6.80. The van der Waals surface area contributed by atoms with Crippen LogP contribution >= 0.6 is 0 Å². The molecule has 0 atom stereocenters. The van der Waals surface area contributed by atoms with Gasteiger partial charge in [-0.2, -0.15) is 0 Å². The van der Waals surface area contributed by atoms with Gasteiger partial charge in [0.25, 0.3) is 0 Å². The lowest BCUT2D eigenvalue weighted by Gasteiger charge is -2.27. The molecule has 0 spiro atoms. The predicted octanol–water partition coefficient (Wildman–Crippen LogP) is 2.91. The molecule has 2 N–H and O–H groups in total. The molecule has 0 heterocycles. The average Bonchev–Trinajstić information content (AvgIpc) is 2.35. The number of anilines is 1. The van der Waals surface area contributed by atoms with E-state index in [1.165, 1.54) is 5.56 Å². The Labute approximate surface area is 111 Å². The molecule has 0 saturated heterocycles. The van der Waals surface area contributed by atoms with Crippen molar-refractivity contribution in [1.29, 1.82) is 0 Å². The Morgan fingerprint density at radius 1 is 1.22 bits per heavy atom. The van der Waals surface area contributed by atoms with Crippen LogP contribution in [0, 0.1) is 0 Å². The first-order chi connectivity index (χ1) is 8.65. The average molecular weight is 250 g/mol. The molecule has 0 fully saturated rings. The smallest absolute Gasteiger partial charge is 0.0593 e. The monoisotopic (exact) mass is 250 g/mol. The molecule has 3 heteroatoms. The van der Waals surface area contributed by atoms with E-state index in [0.29, 0.717) is 6.04 Å². The van der Waals surface area contributed by atoms with Crippen molar-refractivity contribution in [3.05, 3.63) is 29.8 Å². The van der Waals surface area contributed by atoms with Gasteiger partial charge >= 0.3 is 0 Å². The Hall–Kier alpha value is -1.06. The quantitative estimate of drug-likeness (QED) is 0.569. The van der Waals surface area contributed by atoms with Crippen LogP contribution in [0.5, 0.6) is 0 Å². The van der Waals surface area contributed by atoms with Crippen LogP contribution in [0.15, 0.2) is 24.3 Å². The minimum Gasteiger partial charge on any atom is -0.398 e. The third-order valence-corrected chi connectivity index (χ3v) is 3.03. The van der Waals surface area contributed by atoms with E-state index < -0.39 is 0 Å². The number of nitrogens with two attached hydrogens (primary N) is 1. The molecule has 1 rings (SSSR count). The lowest BCUT2D eigenvalue weighted by molar-refractivity contribution is 0.0898. The van der Waals surface area contributed by atoms with Gasteiger partial charge in [-0.3, -0.25) is 4.90 Å². The summed E-state index contributed by atoms with van der Waals surface area (Å²) in [4.78, 5) is 2.39. The van der Waals surface area contributed by atoms with Gasteiger partial charge in [0.2, 0.25) is 0 Å². The van der Waals surface area contributed by atoms with Crippen molar-refractivity contribution >= 4 is 5.69 Å². The van der Waals surface area contributed by atoms with Gasteiger partial charge in [0.1, 0.15) is 0 Å². The zero-order valence-electron chi connectivity index (χ0n) is 11.9. The third-order valence-electron chi connectivity index (χ3n) is 3.03. The van der Waals surface area contributed by atoms with Crippen molar-refractivity contribution < 1.29 is 4.74 Å². The number of benzene rings is 1. The summed E-state index contributed by atoms with van der Waals surface area (Å²) in [7, 11) is 0. The molecular weight excluding hydrogens is 224 g/mol. The number of hydrogen-bond acceptors (Lipinski definition) is 3. The number of nitrogens with zero attached hydrogens (tertiary/aromatic N) is 1.